The van der Waals surface area contributed by atoms with Crippen LogP contribution >= 0.6 is 15.9 Å². The Morgan fingerprint density at radius 1 is 0.609 bits per heavy atom. The molecule has 28 heteroatoms. The molecule has 0 rings (SSSR count). The number of alkyl halides is 22. The predicted molar refractivity (Wildman–Crippen MR) is 112 cm³/mol. The van der Waals surface area contributed by atoms with Gasteiger partial charge in [-0.15, -0.1) is 0 Å². The molecule has 2 N–H and O–H groups in total. The molecule has 0 saturated carbocycles. The lowest BCUT2D eigenvalue weighted by atomic mass is 9.86. The van der Waals surface area contributed by atoms with Crippen LogP contribution in [-0.2, 0) is 14.9 Å². The summed E-state index contributed by atoms with van der Waals surface area (Å²) >= 11 is 2.81. The molecule has 0 spiro atoms. The third kappa shape index (κ3) is 8.52. The van der Waals surface area contributed by atoms with Gasteiger partial charge in [0.05, 0.1) is 25.6 Å². The Bertz CT molecular complexity index is 1100. The summed E-state index contributed by atoms with van der Waals surface area (Å²) in [5.41, 5.74) is 0. The largest absolute Gasteiger partial charge is 0.460 e. The van der Waals surface area contributed by atoms with E-state index in [1.54, 1.807) is 0 Å². The first-order valence-electron chi connectivity index (χ1n) is 10.8. The first-order chi connectivity index (χ1) is 19.6. The smallest absolute Gasteiger partial charge is 0.390 e. The molecule has 0 aromatic carbocycles. The minimum atomic E-state index is -9.19. The van der Waals surface area contributed by atoms with Crippen molar-refractivity contribution in [2.75, 3.05) is 24.8 Å². The van der Waals surface area contributed by atoms with Crippen LogP contribution in [0, 0.1) is 5.92 Å². The second-order valence-electron chi connectivity index (χ2n) is 9.05. The van der Waals surface area contributed by atoms with Gasteiger partial charge in [0.2, 0.25) is 0 Å². The Kier molecular flexibility index (Phi) is 14.3. The van der Waals surface area contributed by atoms with Crippen molar-refractivity contribution in [1.82, 2.24) is 0 Å². The molecular formula is C18H18BrF21O5S. The van der Waals surface area contributed by atoms with Crippen LogP contribution < -0.4 is 0 Å². The monoisotopic (exact) mass is 824 g/mol. The average Bonchev–Trinajstić information content (AvgIpc) is 2.83. The third-order valence-corrected chi connectivity index (χ3v) is 6.35. The molecule has 5 nitrogen and oxygen atoms in total. The maximum atomic E-state index is 13.8. The zero-order valence-electron chi connectivity index (χ0n) is 21.8. The van der Waals surface area contributed by atoms with E-state index in [1.807, 2.05) is 0 Å². The Labute approximate surface area is 251 Å². The van der Waals surface area contributed by atoms with E-state index in [9.17, 15) is 106 Å². The summed E-state index contributed by atoms with van der Waals surface area (Å²) in [6.07, 6.45) is -11.7. The second-order valence-corrected chi connectivity index (χ2v) is 11.2. The van der Waals surface area contributed by atoms with Crippen molar-refractivity contribution in [2.24, 2.45) is 5.92 Å². The molecule has 0 aliphatic heterocycles. The first kappa shape index (κ1) is 47.0. The van der Waals surface area contributed by atoms with Crippen LogP contribution in [0.15, 0.2) is 0 Å². The van der Waals surface area contributed by atoms with Gasteiger partial charge >= 0.3 is 59.5 Å². The van der Waals surface area contributed by atoms with Gasteiger partial charge in [0.15, 0.2) is 0 Å². The molecule has 0 heterocycles. The van der Waals surface area contributed by atoms with Crippen LogP contribution in [0.1, 0.15) is 13.3 Å². The molecule has 2 atom stereocenters. The summed E-state index contributed by atoms with van der Waals surface area (Å²) in [6.45, 7) is -1.65. The highest BCUT2D eigenvalue weighted by Gasteiger charge is 2.97. The zero-order valence-corrected chi connectivity index (χ0v) is 24.2. The normalized spacial score (nSPS) is 16.9. The van der Waals surface area contributed by atoms with Crippen molar-refractivity contribution in [3.8, 4) is 0 Å². The van der Waals surface area contributed by atoms with Crippen LogP contribution in [0.5, 0.6) is 0 Å². The van der Waals surface area contributed by atoms with Crippen LogP contribution in [0.4, 0.5) is 92.2 Å². The van der Waals surface area contributed by atoms with Crippen molar-refractivity contribution >= 4 is 26.0 Å². The van der Waals surface area contributed by atoms with Gasteiger partial charge in [-0.05, 0) is 5.92 Å². The molecule has 2 unspecified atom stereocenters. The van der Waals surface area contributed by atoms with Crippen LogP contribution in [0.25, 0.3) is 0 Å². The Hall–Kier alpha value is -1.16. The lowest BCUT2D eigenvalue weighted by Crippen LogP contribution is -2.76. The quantitative estimate of drug-likeness (QED) is 0.0772. The van der Waals surface area contributed by atoms with Crippen molar-refractivity contribution in [3.05, 3.63) is 0 Å². The number of ether oxygens (including phenoxy) is 1. The molecule has 0 amide bonds. The summed E-state index contributed by atoms with van der Waals surface area (Å²) in [4.78, 5) is 0. The van der Waals surface area contributed by atoms with Crippen LogP contribution in [0.2, 0.25) is 0 Å². The van der Waals surface area contributed by atoms with E-state index in [4.69, 9.17) is 4.55 Å². The highest BCUT2D eigenvalue weighted by molar-refractivity contribution is 9.09. The van der Waals surface area contributed by atoms with Crippen molar-refractivity contribution < 1.29 is 115 Å². The molecule has 46 heavy (non-hydrogen) atoms. The lowest BCUT2D eigenvalue weighted by Gasteiger charge is -2.44. The molecule has 0 aliphatic rings. The Balaban J connectivity index is 0. The van der Waals surface area contributed by atoms with E-state index in [2.05, 4.69) is 20.7 Å². The minimum absolute atomic E-state index is 0.00470. The summed E-state index contributed by atoms with van der Waals surface area (Å²) in [5, 5.41) is 9.44. The topological polar surface area (TPSA) is 83.8 Å². The molecule has 0 radical (unpaired) electrons. The number of halogens is 22. The SMILES string of the molecule is CC(CBr)C(O)COCCC(F)(F)C(F)(F)C(F)(F)C(F)(F)C(F)(F)C(F)(F)C(F)(F)C(F)(F)C(F)(F)C(F)(F)F.CS(=O)(=O)O. The maximum absolute atomic E-state index is 13.8. The van der Waals surface area contributed by atoms with E-state index in [1.165, 1.54) is 6.92 Å². The Morgan fingerprint density at radius 3 is 1.13 bits per heavy atom. The van der Waals surface area contributed by atoms with Gasteiger partial charge in [-0.2, -0.15) is 101 Å². The van der Waals surface area contributed by atoms with E-state index in [-0.39, 0.29) is 5.33 Å². The number of aliphatic hydroxyl groups is 1. The van der Waals surface area contributed by atoms with Crippen molar-refractivity contribution in [2.45, 2.75) is 78.9 Å². The number of aliphatic hydroxyl groups excluding tert-OH is 1. The predicted octanol–water partition coefficient (Wildman–Crippen LogP) is 7.57. The van der Waals surface area contributed by atoms with Crippen LogP contribution in [0.3, 0.4) is 0 Å². The van der Waals surface area contributed by atoms with Crippen LogP contribution in [-0.4, -0.2) is 108 Å². The van der Waals surface area contributed by atoms with Crippen molar-refractivity contribution in [1.29, 1.82) is 0 Å². The minimum Gasteiger partial charge on any atom is -0.390 e. The summed E-state index contributed by atoms with van der Waals surface area (Å²) in [6, 6.07) is 0. The number of hydrogen-bond donors (Lipinski definition) is 2. The number of rotatable bonds is 15. The summed E-state index contributed by atoms with van der Waals surface area (Å²) < 4.78 is 309. The molecule has 0 bridgehead atoms. The van der Waals surface area contributed by atoms with Gasteiger partial charge in [-0.1, -0.05) is 22.9 Å². The zero-order chi connectivity index (χ0) is 38.2. The second kappa shape index (κ2) is 14.0. The molecule has 0 aliphatic carbocycles. The maximum Gasteiger partial charge on any atom is 0.460 e. The number of hydrogen-bond acceptors (Lipinski definition) is 4. The summed E-state index contributed by atoms with van der Waals surface area (Å²) in [7, 11) is -3.67. The van der Waals surface area contributed by atoms with Crippen molar-refractivity contribution in [3.63, 3.8) is 0 Å². The van der Waals surface area contributed by atoms with E-state index in [0.29, 0.717) is 6.26 Å². The lowest BCUT2D eigenvalue weighted by molar-refractivity contribution is -0.474. The van der Waals surface area contributed by atoms with Gasteiger partial charge in [-0.3, -0.25) is 4.55 Å². The van der Waals surface area contributed by atoms with Gasteiger partial charge < -0.3 is 9.84 Å². The highest BCUT2D eigenvalue weighted by atomic mass is 79.9. The van der Waals surface area contributed by atoms with E-state index >= 15 is 0 Å². The molecule has 0 fully saturated rings. The first-order valence-corrected chi connectivity index (χ1v) is 13.8. The average molecular weight is 825 g/mol. The third-order valence-electron chi connectivity index (χ3n) is 5.32. The molecular weight excluding hydrogens is 807 g/mol. The van der Waals surface area contributed by atoms with E-state index < -0.39 is 101 Å². The molecule has 0 saturated heterocycles. The van der Waals surface area contributed by atoms with Gasteiger partial charge in [0, 0.05) is 11.8 Å². The fraction of sp³-hybridized carbons (Fsp3) is 1.00. The summed E-state index contributed by atoms with van der Waals surface area (Å²) in [5.74, 6) is -77.9. The fourth-order valence-electron chi connectivity index (χ4n) is 2.42. The molecule has 0 aromatic rings. The van der Waals surface area contributed by atoms with Gasteiger partial charge in [0.25, 0.3) is 10.1 Å². The van der Waals surface area contributed by atoms with Gasteiger partial charge in [-0.25, -0.2) is 0 Å². The Morgan fingerprint density at radius 2 is 0.870 bits per heavy atom. The fourth-order valence-corrected chi connectivity index (χ4v) is 2.85. The highest BCUT2D eigenvalue weighted by Crippen LogP contribution is 2.66. The molecule has 0 aromatic heterocycles. The van der Waals surface area contributed by atoms with E-state index in [0.717, 1.165) is 0 Å². The molecule has 280 valence electrons. The van der Waals surface area contributed by atoms with Gasteiger partial charge in [0.1, 0.15) is 0 Å². The standard InChI is InChI=1S/C17H14BrF21O2.CH4O3S/c1-6(4-18)7(40)5-41-3-2-8(19,20)9(21,22)10(23,24)11(25,26)12(27,28)13(29,30)14(31,32)15(33,34)16(35,36)17(37,38)39;1-5(2,3)4/h6-7,40H,2-5H2,1H3;1H3,(H,2,3,4).